The third kappa shape index (κ3) is 6.42. The van der Waals surface area contributed by atoms with E-state index in [1.807, 2.05) is 71.3 Å². The second-order valence-electron chi connectivity index (χ2n) is 7.49. The molecule has 2 N–H and O–H groups in total. The standard InChI is InChI=1S/C26H26N6O3S/c1-34-22-14-13-19(15-23(22)35-2)16-28-30-25(33)18-36-26-31-29-24(17-27-20-9-5-3-6-10-20)32(26)21-11-7-4-8-12-21/h3-16,27H,17-18H2,1-2H3,(H,30,33). The molecule has 0 fully saturated rings. The van der Waals surface area contributed by atoms with E-state index >= 15 is 0 Å². The average Bonchev–Trinajstić information content (AvgIpc) is 3.34. The van der Waals surface area contributed by atoms with Crippen LogP contribution in [0.5, 0.6) is 11.5 Å². The van der Waals surface area contributed by atoms with Crippen LogP contribution in [0.25, 0.3) is 5.69 Å². The first-order chi connectivity index (χ1) is 17.7. The van der Waals surface area contributed by atoms with E-state index in [1.54, 1.807) is 32.6 Å². The summed E-state index contributed by atoms with van der Waals surface area (Å²) in [6.45, 7) is 0.480. The maximum atomic E-state index is 12.4. The van der Waals surface area contributed by atoms with Gasteiger partial charge in [-0.3, -0.25) is 9.36 Å². The van der Waals surface area contributed by atoms with Crippen LogP contribution in [0.1, 0.15) is 11.4 Å². The molecule has 0 bridgehead atoms. The van der Waals surface area contributed by atoms with Crippen LogP contribution in [0.2, 0.25) is 0 Å². The van der Waals surface area contributed by atoms with Gasteiger partial charge in [0.2, 0.25) is 0 Å². The normalized spacial score (nSPS) is 10.8. The lowest BCUT2D eigenvalue weighted by atomic mass is 10.2. The van der Waals surface area contributed by atoms with E-state index in [-0.39, 0.29) is 11.7 Å². The highest BCUT2D eigenvalue weighted by Gasteiger charge is 2.15. The number of thioether (sulfide) groups is 1. The maximum Gasteiger partial charge on any atom is 0.250 e. The number of hydrogen-bond acceptors (Lipinski definition) is 8. The molecule has 184 valence electrons. The second kappa shape index (κ2) is 12.4. The molecule has 36 heavy (non-hydrogen) atoms. The molecule has 0 unspecified atom stereocenters. The number of rotatable bonds is 11. The number of hydrogen-bond donors (Lipinski definition) is 2. The van der Waals surface area contributed by atoms with Gasteiger partial charge in [0.1, 0.15) is 0 Å². The van der Waals surface area contributed by atoms with Gasteiger partial charge in [-0.1, -0.05) is 48.2 Å². The Morgan fingerprint density at radius 1 is 0.972 bits per heavy atom. The molecule has 9 nitrogen and oxygen atoms in total. The first-order valence-corrected chi connectivity index (χ1v) is 12.1. The molecule has 1 amide bonds. The molecule has 4 rings (SSSR count). The molecule has 0 aliphatic heterocycles. The van der Waals surface area contributed by atoms with Crippen LogP contribution in [0.15, 0.2) is 89.1 Å². The predicted molar refractivity (Wildman–Crippen MR) is 141 cm³/mol. The molecular weight excluding hydrogens is 476 g/mol. The minimum absolute atomic E-state index is 0.125. The summed E-state index contributed by atoms with van der Waals surface area (Å²) in [7, 11) is 3.14. The largest absolute Gasteiger partial charge is 0.493 e. The zero-order valence-corrected chi connectivity index (χ0v) is 20.7. The lowest BCUT2D eigenvalue weighted by Crippen LogP contribution is -2.20. The van der Waals surface area contributed by atoms with Crippen LogP contribution in [-0.4, -0.2) is 46.9 Å². The van der Waals surface area contributed by atoms with E-state index in [2.05, 4.69) is 26.0 Å². The van der Waals surface area contributed by atoms with E-state index in [0.29, 0.717) is 23.2 Å². The number of para-hydroxylation sites is 2. The number of ether oxygens (including phenoxy) is 2. The SMILES string of the molecule is COc1ccc(C=NNC(=O)CSc2nnc(CNc3ccccc3)n2-c2ccccc2)cc1OC. The number of methoxy groups -OCH3 is 2. The summed E-state index contributed by atoms with van der Waals surface area (Å²) in [4.78, 5) is 12.4. The van der Waals surface area contributed by atoms with Crippen LogP contribution in [0, 0.1) is 0 Å². The van der Waals surface area contributed by atoms with E-state index < -0.39 is 0 Å². The van der Waals surface area contributed by atoms with Crippen molar-refractivity contribution in [1.82, 2.24) is 20.2 Å². The van der Waals surface area contributed by atoms with Crippen LogP contribution < -0.4 is 20.2 Å². The third-order valence-corrected chi connectivity index (χ3v) is 6.01. The molecule has 0 saturated heterocycles. The highest BCUT2D eigenvalue weighted by atomic mass is 32.2. The molecule has 10 heteroatoms. The summed E-state index contributed by atoms with van der Waals surface area (Å²) in [5.41, 5.74) is 5.22. The summed E-state index contributed by atoms with van der Waals surface area (Å²) in [5.74, 6) is 1.81. The summed E-state index contributed by atoms with van der Waals surface area (Å²) in [5, 5.41) is 16.7. The van der Waals surface area contributed by atoms with Crippen molar-refractivity contribution in [3.8, 4) is 17.2 Å². The van der Waals surface area contributed by atoms with Crippen LogP contribution in [0.3, 0.4) is 0 Å². The predicted octanol–water partition coefficient (Wildman–Crippen LogP) is 4.14. The smallest absolute Gasteiger partial charge is 0.250 e. The summed E-state index contributed by atoms with van der Waals surface area (Å²) in [6.07, 6.45) is 1.55. The number of amides is 1. The maximum absolute atomic E-state index is 12.4. The minimum atomic E-state index is -0.261. The molecule has 4 aromatic rings. The Balaban J connectivity index is 1.40. The Kier molecular flexibility index (Phi) is 8.55. The Morgan fingerprint density at radius 2 is 1.69 bits per heavy atom. The van der Waals surface area contributed by atoms with Gasteiger partial charge in [-0.15, -0.1) is 10.2 Å². The molecule has 0 aliphatic rings. The van der Waals surface area contributed by atoms with Crippen molar-refractivity contribution >= 4 is 29.6 Å². The number of carbonyl (C=O) groups is 1. The van der Waals surface area contributed by atoms with E-state index in [9.17, 15) is 4.79 Å². The second-order valence-corrected chi connectivity index (χ2v) is 8.43. The molecule has 0 spiro atoms. The van der Waals surface area contributed by atoms with Crippen LogP contribution in [0.4, 0.5) is 5.69 Å². The molecular formula is C26H26N6O3S. The monoisotopic (exact) mass is 502 g/mol. The Hall–Kier alpha value is -4.31. The van der Waals surface area contributed by atoms with Gasteiger partial charge in [0.25, 0.3) is 5.91 Å². The average molecular weight is 503 g/mol. The first-order valence-electron chi connectivity index (χ1n) is 11.1. The number of carbonyl (C=O) groups excluding carboxylic acids is 1. The van der Waals surface area contributed by atoms with Crippen molar-refractivity contribution in [2.24, 2.45) is 5.10 Å². The number of hydrazone groups is 1. The van der Waals surface area contributed by atoms with Gasteiger partial charge in [0, 0.05) is 11.4 Å². The molecule has 0 atom stereocenters. The zero-order valence-electron chi connectivity index (χ0n) is 19.9. The Labute approximate surface area is 213 Å². The van der Waals surface area contributed by atoms with Gasteiger partial charge in [-0.2, -0.15) is 5.10 Å². The molecule has 0 saturated carbocycles. The van der Waals surface area contributed by atoms with Crippen molar-refractivity contribution in [2.75, 3.05) is 25.3 Å². The quantitative estimate of drug-likeness (QED) is 0.181. The van der Waals surface area contributed by atoms with Crippen molar-refractivity contribution in [1.29, 1.82) is 0 Å². The highest BCUT2D eigenvalue weighted by Crippen LogP contribution is 2.27. The molecule has 0 radical (unpaired) electrons. The number of anilines is 1. The first kappa shape index (κ1) is 24.8. The lowest BCUT2D eigenvalue weighted by Gasteiger charge is -2.11. The van der Waals surface area contributed by atoms with Crippen molar-refractivity contribution in [3.05, 3.63) is 90.3 Å². The highest BCUT2D eigenvalue weighted by molar-refractivity contribution is 7.99. The minimum Gasteiger partial charge on any atom is -0.493 e. The van der Waals surface area contributed by atoms with Crippen molar-refractivity contribution in [2.45, 2.75) is 11.7 Å². The van der Waals surface area contributed by atoms with Gasteiger partial charge in [0.15, 0.2) is 22.5 Å². The third-order valence-electron chi connectivity index (χ3n) is 5.08. The summed E-state index contributed by atoms with van der Waals surface area (Å²) < 4.78 is 12.5. The van der Waals surface area contributed by atoms with Crippen molar-refractivity contribution in [3.63, 3.8) is 0 Å². The summed E-state index contributed by atoms with van der Waals surface area (Å²) in [6, 6.07) is 25.1. The van der Waals surface area contributed by atoms with Gasteiger partial charge >= 0.3 is 0 Å². The molecule has 3 aromatic carbocycles. The fourth-order valence-electron chi connectivity index (χ4n) is 3.36. The Bertz CT molecular complexity index is 1310. The number of aromatic nitrogens is 3. The van der Waals surface area contributed by atoms with Gasteiger partial charge < -0.3 is 14.8 Å². The number of nitrogens with zero attached hydrogens (tertiary/aromatic N) is 4. The van der Waals surface area contributed by atoms with Crippen LogP contribution >= 0.6 is 11.8 Å². The topological polar surface area (TPSA) is 103 Å². The molecule has 1 heterocycles. The van der Waals surface area contributed by atoms with Crippen molar-refractivity contribution < 1.29 is 14.3 Å². The molecule has 1 aromatic heterocycles. The summed E-state index contributed by atoms with van der Waals surface area (Å²) >= 11 is 1.29. The van der Waals surface area contributed by atoms with E-state index in [4.69, 9.17) is 9.47 Å². The van der Waals surface area contributed by atoms with Gasteiger partial charge in [0.05, 0.1) is 32.7 Å². The van der Waals surface area contributed by atoms with Crippen LogP contribution in [-0.2, 0) is 11.3 Å². The number of nitrogens with one attached hydrogen (secondary N) is 2. The van der Waals surface area contributed by atoms with Gasteiger partial charge in [-0.25, -0.2) is 5.43 Å². The fraction of sp³-hybridized carbons (Fsp3) is 0.154. The zero-order chi connectivity index (χ0) is 25.2. The molecule has 0 aliphatic carbocycles. The van der Waals surface area contributed by atoms with E-state index in [1.165, 1.54) is 11.8 Å². The van der Waals surface area contributed by atoms with Gasteiger partial charge in [-0.05, 0) is 48.0 Å². The lowest BCUT2D eigenvalue weighted by molar-refractivity contribution is -0.118. The number of benzene rings is 3. The Morgan fingerprint density at radius 3 is 2.42 bits per heavy atom. The fourth-order valence-corrected chi connectivity index (χ4v) is 4.12. The van der Waals surface area contributed by atoms with E-state index in [0.717, 1.165) is 22.8 Å².